The van der Waals surface area contributed by atoms with Crippen molar-refractivity contribution in [3.63, 3.8) is 0 Å². The summed E-state index contributed by atoms with van der Waals surface area (Å²) in [6.45, 7) is 0. The molecule has 0 aromatic carbocycles. The van der Waals surface area contributed by atoms with E-state index in [0.29, 0.717) is 0 Å². The maximum atomic E-state index is 11.0. The Morgan fingerprint density at radius 1 is 0.625 bits per heavy atom. The molecule has 0 bridgehead atoms. The summed E-state index contributed by atoms with van der Waals surface area (Å²) in [4.78, 5) is 52.7. The van der Waals surface area contributed by atoms with Crippen molar-refractivity contribution in [2.24, 2.45) is 5.73 Å². The first kappa shape index (κ1) is 22.3. The number of aliphatic hydroxyl groups is 2. The molecule has 15 nitrogen and oxygen atoms in total. The van der Waals surface area contributed by atoms with E-state index in [1.54, 1.807) is 0 Å². The van der Waals surface area contributed by atoms with Crippen LogP contribution in [0, 0.1) is 0 Å². The van der Waals surface area contributed by atoms with Gasteiger partial charge in [0.2, 0.25) is 0 Å². The van der Waals surface area contributed by atoms with Crippen LogP contribution in [0.5, 0.6) is 0 Å². The lowest BCUT2D eigenvalue weighted by Crippen LogP contribution is -2.67. The van der Waals surface area contributed by atoms with Gasteiger partial charge < -0.3 is 45.3 Å². The van der Waals surface area contributed by atoms with Crippen molar-refractivity contribution in [3.8, 4) is 0 Å². The molecule has 1 fully saturated rings. The summed E-state index contributed by atoms with van der Waals surface area (Å²) >= 11 is 0. The summed E-state index contributed by atoms with van der Waals surface area (Å²) in [5, 5.41) is 19.7. The topological polar surface area (TPSA) is 267 Å². The van der Waals surface area contributed by atoms with Crippen LogP contribution >= 0.6 is 23.5 Å². The van der Waals surface area contributed by atoms with Gasteiger partial charge in [-0.25, -0.2) is 13.7 Å². The quantitative estimate of drug-likeness (QED) is 0.189. The Bertz CT molecular complexity index is 579. The number of phosphoric acid groups is 3. The van der Waals surface area contributed by atoms with Gasteiger partial charge in [-0.05, 0) is 0 Å². The highest BCUT2D eigenvalue weighted by atomic mass is 31.2. The fourth-order valence-corrected chi connectivity index (χ4v) is 3.77. The summed E-state index contributed by atoms with van der Waals surface area (Å²) < 4.78 is 45.1. The fourth-order valence-electron chi connectivity index (χ4n) is 2.07. The molecule has 1 saturated carbocycles. The number of hydrogen-bond acceptors (Lipinski definition) is 9. The van der Waals surface area contributed by atoms with E-state index < -0.39 is 60.0 Å². The fraction of sp³-hybridized carbons (Fsp3) is 1.00. The number of aliphatic hydroxyl groups excluding tert-OH is 2. The molecule has 0 radical (unpaired) electrons. The monoisotopic (exact) mass is 419 g/mol. The van der Waals surface area contributed by atoms with Crippen molar-refractivity contribution in [2.75, 3.05) is 0 Å². The smallest absolute Gasteiger partial charge is 0.389 e. The molecule has 1 aliphatic carbocycles. The van der Waals surface area contributed by atoms with Crippen LogP contribution in [-0.2, 0) is 27.3 Å². The summed E-state index contributed by atoms with van der Waals surface area (Å²) in [5.74, 6) is 0. The van der Waals surface area contributed by atoms with Crippen molar-refractivity contribution in [2.45, 2.75) is 36.6 Å². The van der Waals surface area contributed by atoms with E-state index in [1.807, 2.05) is 0 Å². The molecular formula is C6H16NO14P3. The highest BCUT2D eigenvalue weighted by Crippen LogP contribution is 2.48. The normalized spacial score (nSPS) is 35.9. The number of hydrogen-bond donors (Lipinski definition) is 9. The largest absolute Gasteiger partial charge is 0.470 e. The first-order chi connectivity index (χ1) is 10.5. The molecule has 0 aromatic heterocycles. The maximum Gasteiger partial charge on any atom is 0.470 e. The van der Waals surface area contributed by atoms with Crippen molar-refractivity contribution in [1.29, 1.82) is 0 Å². The minimum absolute atomic E-state index is 1.91. The van der Waals surface area contributed by atoms with Gasteiger partial charge in [0.15, 0.2) is 0 Å². The minimum atomic E-state index is -5.38. The number of rotatable bonds is 6. The van der Waals surface area contributed by atoms with Crippen LogP contribution in [0.1, 0.15) is 0 Å². The molecule has 1 rings (SSSR count). The standard InChI is InChI=1S/C6H16NO14P3/c7-1-2(8)5(20-23(13,14)15)3(9)6(21-24(16,17)18)4(1)19-22(10,11)12/h1-6,8-9H,7H2,(H2,10,11,12)(H2,13,14,15)(H2,16,17,18)/t1-,2+,3-,4+,5+,6+/m0/s1. The van der Waals surface area contributed by atoms with Gasteiger partial charge in [0.1, 0.15) is 30.5 Å². The summed E-state index contributed by atoms with van der Waals surface area (Å²) in [6, 6.07) is -1.91. The summed E-state index contributed by atoms with van der Waals surface area (Å²) in [5.41, 5.74) is 5.42. The molecule has 18 heteroatoms. The van der Waals surface area contributed by atoms with Gasteiger partial charge in [-0.2, -0.15) is 0 Å². The molecule has 6 atom stereocenters. The van der Waals surface area contributed by atoms with E-state index in [2.05, 4.69) is 13.6 Å². The van der Waals surface area contributed by atoms with Crippen LogP contribution in [0.25, 0.3) is 0 Å². The Kier molecular flexibility index (Phi) is 6.90. The average molecular weight is 419 g/mol. The molecule has 0 aliphatic heterocycles. The lowest BCUT2D eigenvalue weighted by molar-refractivity contribution is -0.174. The van der Waals surface area contributed by atoms with Crippen LogP contribution in [-0.4, -0.2) is 76.1 Å². The first-order valence-electron chi connectivity index (χ1n) is 5.85. The van der Waals surface area contributed by atoms with Gasteiger partial charge in [-0.3, -0.25) is 13.6 Å². The summed E-state index contributed by atoms with van der Waals surface area (Å²) in [7, 11) is -16.0. The molecule has 0 spiro atoms. The SMILES string of the molecule is N[C@H]1[C@@H](O)[C@@H](OP(=O)(O)O)[C@H](O)[C@@H](OP(=O)(O)O)[C@@H]1OP(=O)(O)O. The molecule has 24 heavy (non-hydrogen) atoms. The Morgan fingerprint density at radius 2 is 0.958 bits per heavy atom. The van der Waals surface area contributed by atoms with Crippen LogP contribution in [0.3, 0.4) is 0 Å². The second kappa shape index (κ2) is 7.45. The molecular weight excluding hydrogens is 403 g/mol. The molecule has 0 aromatic rings. The third-order valence-corrected chi connectivity index (χ3v) is 4.44. The lowest BCUT2D eigenvalue weighted by atomic mass is 9.84. The highest BCUT2D eigenvalue weighted by Gasteiger charge is 2.55. The Balaban J connectivity index is 3.23. The second-order valence-electron chi connectivity index (χ2n) is 4.74. The van der Waals surface area contributed by atoms with E-state index in [-0.39, 0.29) is 0 Å². The Hall–Kier alpha value is 0.210. The minimum Gasteiger partial charge on any atom is -0.389 e. The predicted octanol–water partition coefficient (Wildman–Crippen LogP) is -3.52. The van der Waals surface area contributed by atoms with Gasteiger partial charge in [0.25, 0.3) is 0 Å². The van der Waals surface area contributed by atoms with Gasteiger partial charge in [-0.1, -0.05) is 0 Å². The molecule has 10 N–H and O–H groups in total. The first-order valence-corrected chi connectivity index (χ1v) is 10.4. The Labute approximate surface area is 133 Å². The zero-order valence-corrected chi connectivity index (χ0v) is 14.1. The van der Waals surface area contributed by atoms with Crippen molar-refractivity contribution in [3.05, 3.63) is 0 Å². The van der Waals surface area contributed by atoms with E-state index in [0.717, 1.165) is 0 Å². The second-order valence-corrected chi connectivity index (χ2v) is 8.32. The molecule has 0 saturated heterocycles. The van der Waals surface area contributed by atoms with E-state index in [1.165, 1.54) is 0 Å². The van der Waals surface area contributed by atoms with Crippen LogP contribution in [0.15, 0.2) is 0 Å². The Morgan fingerprint density at radius 3 is 1.33 bits per heavy atom. The van der Waals surface area contributed by atoms with Gasteiger partial charge in [-0.15, -0.1) is 0 Å². The highest BCUT2D eigenvalue weighted by molar-refractivity contribution is 7.46. The van der Waals surface area contributed by atoms with Crippen LogP contribution in [0.4, 0.5) is 0 Å². The molecule has 0 unspecified atom stereocenters. The molecule has 0 heterocycles. The average Bonchev–Trinajstić information content (AvgIpc) is 2.32. The van der Waals surface area contributed by atoms with E-state index >= 15 is 0 Å². The van der Waals surface area contributed by atoms with E-state index in [4.69, 9.17) is 35.1 Å². The molecule has 144 valence electrons. The zero-order chi connectivity index (χ0) is 19.1. The third kappa shape index (κ3) is 6.50. The third-order valence-electron chi connectivity index (χ3n) is 2.88. The van der Waals surface area contributed by atoms with E-state index in [9.17, 15) is 23.9 Å². The molecule has 1 aliphatic rings. The number of nitrogens with two attached hydrogens (primary N) is 1. The van der Waals surface area contributed by atoms with Gasteiger partial charge >= 0.3 is 23.5 Å². The predicted molar refractivity (Wildman–Crippen MR) is 70.7 cm³/mol. The van der Waals surface area contributed by atoms with Gasteiger partial charge in [0.05, 0.1) is 6.04 Å². The lowest BCUT2D eigenvalue weighted by Gasteiger charge is -2.45. The number of phosphoric ester groups is 3. The van der Waals surface area contributed by atoms with Crippen molar-refractivity contribution < 1.29 is 66.8 Å². The maximum absolute atomic E-state index is 11.0. The van der Waals surface area contributed by atoms with Crippen LogP contribution in [0.2, 0.25) is 0 Å². The van der Waals surface area contributed by atoms with Crippen LogP contribution < -0.4 is 5.73 Å². The summed E-state index contributed by atoms with van der Waals surface area (Å²) in [6.07, 6.45) is -11.2. The van der Waals surface area contributed by atoms with Crippen molar-refractivity contribution in [1.82, 2.24) is 0 Å². The zero-order valence-electron chi connectivity index (χ0n) is 11.4. The van der Waals surface area contributed by atoms with Gasteiger partial charge in [0, 0.05) is 0 Å². The molecule has 0 amide bonds. The van der Waals surface area contributed by atoms with Crippen molar-refractivity contribution >= 4 is 23.5 Å².